The molecule has 1 aromatic rings. The Morgan fingerprint density at radius 3 is 2.17 bits per heavy atom. The van der Waals surface area contributed by atoms with Crippen LogP contribution in [-0.2, 0) is 19.1 Å². The van der Waals surface area contributed by atoms with Crippen molar-refractivity contribution < 1.29 is 23.9 Å². The van der Waals surface area contributed by atoms with Crippen LogP contribution < -0.4 is 0 Å². The number of hydrogen-bond acceptors (Lipinski definition) is 5. The summed E-state index contributed by atoms with van der Waals surface area (Å²) in [7, 11) is 0. The van der Waals surface area contributed by atoms with Gasteiger partial charge in [-0.15, -0.1) is 0 Å². The molecule has 5 aliphatic rings. The van der Waals surface area contributed by atoms with Gasteiger partial charge in [0.1, 0.15) is 0 Å². The fourth-order valence-corrected chi connectivity index (χ4v) is 5.51. The quantitative estimate of drug-likeness (QED) is 0.310. The van der Waals surface area contributed by atoms with Crippen LogP contribution in [0.4, 0.5) is 0 Å². The number of Topliss-reactive ketones (excluding diaryl/α,β-unsaturated/α-hetero) is 1. The molecular formula is C22H20ClNO5. The van der Waals surface area contributed by atoms with E-state index in [0.29, 0.717) is 22.4 Å². The third-order valence-corrected chi connectivity index (χ3v) is 7.08. The maximum absolute atomic E-state index is 12.8. The van der Waals surface area contributed by atoms with Crippen molar-refractivity contribution in [3.8, 4) is 0 Å². The normalized spacial score (nSPS) is 33.5. The van der Waals surface area contributed by atoms with Crippen molar-refractivity contribution in [3.63, 3.8) is 0 Å². The van der Waals surface area contributed by atoms with Gasteiger partial charge < -0.3 is 4.74 Å². The molecular weight excluding hydrogens is 394 g/mol. The summed E-state index contributed by atoms with van der Waals surface area (Å²) in [4.78, 5) is 51.1. The van der Waals surface area contributed by atoms with Crippen LogP contribution in [0.1, 0.15) is 23.2 Å². The van der Waals surface area contributed by atoms with Crippen molar-refractivity contribution in [3.05, 3.63) is 47.0 Å². The largest absolute Gasteiger partial charge is 0.457 e. The van der Waals surface area contributed by atoms with Gasteiger partial charge in [-0.3, -0.25) is 24.1 Å². The van der Waals surface area contributed by atoms with Gasteiger partial charge in [-0.05, 0) is 54.4 Å². The van der Waals surface area contributed by atoms with E-state index in [1.54, 1.807) is 24.3 Å². The standard InChI is InChI=1S/C22H20ClNO5/c23-12-3-1-11(2-4-12)17(25)10-29-18(26)7-8-24-21(27)19-13-5-6-14(16-9-15(13)16)20(19)22(24)28/h1-6,13-16,19-20H,7-10H2/t13-,14-,15-,16-,19+,20+/m1/s1. The predicted molar refractivity (Wildman–Crippen MR) is 103 cm³/mol. The third-order valence-electron chi connectivity index (χ3n) is 6.82. The average Bonchev–Trinajstić information content (AvgIpc) is 3.50. The monoisotopic (exact) mass is 413 g/mol. The lowest BCUT2D eigenvalue weighted by molar-refractivity contribution is -0.145. The Balaban J connectivity index is 1.15. The molecule has 1 aliphatic heterocycles. The van der Waals surface area contributed by atoms with E-state index in [1.807, 2.05) is 0 Å². The van der Waals surface area contributed by atoms with Crippen LogP contribution in [0.15, 0.2) is 36.4 Å². The molecule has 2 bridgehead atoms. The number of imide groups is 1. The van der Waals surface area contributed by atoms with Gasteiger partial charge in [0, 0.05) is 17.1 Å². The Hall–Kier alpha value is -2.47. The Bertz CT molecular complexity index is 903. The topological polar surface area (TPSA) is 80.8 Å². The van der Waals surface area contributed by atoms with Crippen LogP contribution in [0.2, 0.25) is 5.02 Å². The van der Waals surface area contributed by atoms with Gasteiger partial charge in [0.25, 0.3) is 0 Å². The SMILES string of the molecule is O=C(CCN1C(=O)[C@H]2[C@@H]3C=C[C@H]([C@H]4C[C@H]34)[C@@H]2C1=O)OCC(=O)c1ccc(Cl)cc1. The highest BCUT2D eigenvalue weighted by Crippen LogP contribution is 2.65. The summed E-state index contributed by atoms with van der Waals surface area (Å²) in [5.74, 6) is -0.348. The molecule has 0 spiro atoms. The number of hydrogen-bond donors (Lipinski definition) is 0. The second kappa shape index (κ2) is 6.80. The van der Waals surface area contributed by atoms with E-state index in [-0.39, 0.29) is 60.8 Å². The first-order chi connectivity index (χ1) is 14.0. The number of benzene rings is 1. The lowest BCUT2D eigenvalue weighted by Gasteiger charge is -2.37. The van der Waals surface area contributed by atoms with E-state index in [1.165, 1.54) is 4.90 Å². The molecule has 1 aromatic carbocycles. The zero-order valence-electron chi connectivity index (χ0n) is 15.6. The molecule has 0 unspecified atom stereocenters. The first kappa shape index (κ1) is 18.6. The van der Waals surface area contributed by atoms with Gasteiger partial charge in [-0.25, -0.2) is 0 Å². The molecule has 4 aliphatic carbocycles. The molecule has 6 nitrogen and oxygen atoms in total. The lowest BCUT2D eigenvalue weighted by atomic mass is 9.63. The Morgan fingerprint density at radius 1 is 1.00 bits per heavy atom. The van der Waals surface area contributed by atoms with Crippen molar-refractivity contribution in [1.29, 1.82) is 0 Å². The van der Waals surface area contributed by atoms with Crippen molar-refractivity contribution in [2.45, 2.75) is 12.8 Å². The van der Waals surface area contributed by atoms with Gasteiger partial charge in [0.05, 0.1) is 18.3 Å². The first-order valence-electron chi connectivity index (χ1n) is 9.93. The van der Waals surface area contributed by atoms with Crippen molar-refractivity contribution in [2.75, 3.05) is 13.2 Å². The fourth-order valence-electron chi connectivity index (χ4n) is 5.38. The van der Waals surface area contributed by atoms with Gasteiger partial charge in [0.2, 0.25) is 11.8 Å². The van der Waals surface area contributed by atoms with Crippen molar-refractivity contribution in [2.24, 2.45) is 35.5 Å². The van der Waals surface area contributed by atoms with Crippen LogP contribution in [0.25, 0.3) is 0 Å². The lowest BCUT2D eigenvalue weighted by Crippen LogP contribution is -2.40. The molecule has 2 amide bonds. The smallest absolute Gasteiger partial charge is 0.308 e. The summed E-state index contributed by atoms with van der Waals surface area (Å²) < 4.78 is 5.03. The van der Waals surface area contributed by atoms with E-state index in [0.717, 1.165) is 6.42 Å². The first-order valence-corrected chi connectivity index (χ1v) is 10.3. The summed E-state index contributed by atoms with van der Waals surface area (Å²) >= 11 is 5.79. The Morgan fingerprint density at radius 2 is 1.59 bits per heavy atom. The molecule has 3 fully saturated rings. The molecule has 0 radical (unpaired) electrons. The summed E-state index contributed by atoms with van der Waals surface area (Å²) in [6, 6.07) is 6.31. The van der Waals surface area contributed by atoms with E-state index in [4.69, 9.17) is 16.3 Å². The number of rotatable bonds is 6. The predicted octanol–water partition coefficient (Wildman–Crippen LogP) is 2.51. The van der Waals surface area contributed by atoms with E-state index in [9.17, 15) is 19.2 Å². The number of allylic oxidation sites excluding steroid dienone is 2. The average molecular weight is 414 g/mol. The van der Waals surface area contributed by atoms with Crippen molar-refractivity contribution >= 4 is 35.2 Å². The van der Waals surface area contributed by atoms with Crippen LogP contribution in [0, 0.1) is 35.5 Å². The zero-order chi connectivity index (χ0) is 20.3. The van der Waals surface area contributed by atoms with Crippen LogP contribution in [0.3, 0.4) is 0 Å². The molecule has 6 atom stereocenters. The molecule has 0 N–H and O–H groups in total. The number of ketones is 1. The highest BCUT2D eigenvalue weighted by atomic mass is 35.5. The van der Waals surface area contributed by atoms with Crippen LogP contribution in [0.5, 0.6) is 0 Å². The molecule has 1 saturated heterocycles. The third kappa shape index (κ3) is 3.01. The minimum Gasteiger partial charge on any atom is -0.457 e. The molecule has 1 heterocycles. The van der Waals surface area contributed by atoms with Gasteiger partial charge in [0.15, 0.2) is 12.4 Å². The van der Waals surface area contributed by atoms with E-state index in [2.05, 4.69) is 12.2 Å². The summed E-state index contributed by atoms with van der Waals surface area (Å²) in [5.41, 5.74) is 0.401. The number of halogens is 1. The molecule has 29 heavy (non-hydrogen) atoms. The summed E-state index contributed by atoms with van der Waals surface area (Å²) in [6.07, 6.45) is 5.24. The summed E-state index contributed by atoms with van der Waals surface area (Å²) in [6.45, 7) is -0.377. The second-order valence-corrected chi connectivity index (χ2v) is 8.76. The highest BCUT2D eigenvalue weighted by molar-refractivity contribution is 6.30. The number of carbonyl (C=O) groups excluding carboxylic acids is 4. The number of ether oxygens (including phenoxy) is 1. The number of esters is 1. The maximum Gasteiger partial charge on any atom is 0.308 e. The second-order valence-electron chi connectivity index (χ2n) is 8.32. The molecule has 7 heteroatoms. The van der Waals surface area contributed by atoms with Crippen LogP contribution in [-0.4, -0.2) is 41.6 Å². The highest BCUT2D eigenvalue weighted by Gasteiger charge is 2.66. The van der Waals surface area contributed by atoms with Crippen LogP contribution >= 0.6 is 11.6 Å². The van der Waals surface area contributed by atoms with E-state index >= 15 is 0 Å². The van der Waals surface area contributed by atoms with Gasteiger partial charge in [-0.2, -0.15) is 0 Å². The Labute approximate surface area is 172 Å². The van der Waals surface area contributed by atoms with Gasteiger partial charge >= 0.3 is 5.97 Å². The number of amides is 2. The number of nitrogens with zero attached hydrogens (tertiary/aromatic N) is 1. The van der Waals surface area contributed by atoms with E-state index < -0.39 is 5.97 Å². The maximum atomic E-state index is 12.8. The molecule has 150 valence electrons. The minimum absolute atomic E-state index is 0.00735. The minimum atomic E-state index is -0.605. The molecule has 6 rings (SSSR count). The van der Waals surface area contributed by atoms with Crippen molar-refractivity contribution in [1.82, 2.24) is 4.90 Å². The van der Waals surface area contributed by atoms with Gasteiger partial charge in [-0.1, -0.05) is 23.8 Å². The molecule has 0 aromatic heterocycles. The summed E-state index contributed by atoms with van der Waals surface area (Å²) in [5, 5.41) is 0.514. The fraction of sp³-hybridized carbons (Fsp3) is 0.455. The number of carbonyl (C=O) groups is 4. The zero-order valence-corrected chi connectivity index (χ0v) is 16.4. The Kier molecular flexibility index (Phi) is 4.35. The number of likely N-dealkylation sites (tertiary alicyclic amines) is 1. The molecule has 2 saturated carbocycles.